The van der Waals surface area contributed by atoms with Gasteiger partial charge in [0.1, 0.15) is 18.9 Å². The van der Waals surface area contributed by atoms with Crippen LogP contribution in [0.3, 0.4) is 0 Å². The molecule has 0 aromatic heterocycles. The fourth-order valence-electron chi connectivity index (χ4n) is 2.84. The van der Waals surface area contributed by atoms with Crippen LogP contribution in [0.1, 0.15) is 0 Å². The number of cyclic esters (lactones) is 1. The van der Waals surface area contributed by atoms with E-state index < -0.39 is 6.09 Å². The highest BCUT2D eigenvalue weighted by atomic mass is 16.6. The second-order valence-corrected chi connectivity index (χ2v) is 5.60. The Morgan fingerprint density at radius 2 is 1.83 bits per heavy atom. The third-order valence-electron chi connectivity index (χ3n) is 4.24. The van der Waals surface area contributed by atoms with E-state index in [9.17, 15) is 9.59 Å². The van der Waals surface area contributed by atoms with E-state index in [1.54, 1.807) is 7.11 Å². The van der Waals surface area contributed by atoms with Crippen molar-refractivity contribution in [2.45, 2.75) is 0 Å². The van der Waals surface area contributed by atoms with E-state index in [0.29, 0.717) is 26.2 Å². The summed E-state index contributed by atoms with van der Waals surface area (Å²) < 4.78 is 10.0. The van der Waals surface area contributed by atoms with Gasteiger partial charge >= 0.3 is 6.09 Å². The Morgan fingerprint density at radius 3 is 2.39 bits per heavy atom. The molecule has 2 fully saturated rings. The number of ether oxygens (including phenoxy) is 2. The number of hydrogen-bond donors (Lipinski definition) is 0. The zero-order chi connectivity index (χ0) is 16.2. The average molecular weight is 319 g/mol. The minimum Gasteiger partial charge on any atom is -0.497 e. The van der Waals surface area contributed by atoms with Crippen molar-refractivity contribution in [3.63, 3.8) is 0 Å². The molecule has 1 aromatic rings. The molecule has 2 saturated heterocycles. The Labute approximate surface area is 135 Å². The van der Waals surface area contributed by atoms with Crippen molar-refractivity contribution in [3.05, 3.63) is 24.3 Å². The first-order valence-corrected chi connectivity index (χ1v) is 7.76. The molecular formula is C16H21N3O4. The van der Waals surface area contributed by atoms with Gasteiger partial charge in [-0.3, -0.25) is 9.69 Å². The van der Waals surface area contributed by atoms with Crippen molar-refractivity contribution in [2.24, 2.45) is 0 Å². The second kappa shape index (κ2) is 6.76. The molecule has 7 heteroatoms. The highest BCUT2D eigenvalue weighted by Crippen LogP contribution is 2.20. The van der Waals surface area contributed by atoms with Crippen LogP contribution in [-0.2, 0) is 9.53 Å². The smallest absolute Gasteiger partial charge is 0.410 e. The van der Waals surface area contributed by atoms with Crippen molar-refractivity contribution >= 4 is 17.7 Å². The van der Waals surface area contributed by atoms with Crippen LogP contribution in [0, 0.1) is 0 Å². The minimum absolute atomic E-state index is 0.0155. The lowest BCUT2D eigenvalue weighted by molar-refractivity contribution is -0.132. The maximum atomic E-state index is 12.3. The monoisotopic (exact) mass is 319 g/mol. The molecule has 2 heterocycles. The standard InChI is InChI=1S/C16H21N3O4/c1-22-14-4-2-13(3-5-14)17-6-8-18(9-7-17)15(20)12-19-10-11-23-16(19)21/h2-5H,6-12H2,1H3. The molecule has 0 atom stereocenters. The number of hydrogen-bond acceptors (Lipinski definition) is 5. The van der Waals surface area contributed by atoms with Gasteiger partial charge in [0, 0.05) is 31.9 Å². The SMILES string of the molecule is COc1ccc(N2CCN(C(=O)CN3CCOC3=O)CC2)cc1. The Balaban J connectivity index is 1.51. The Hall–Kier alpha value is -2.44. The van der Waals surface area contributed by atoms with Gasteiger partial charge in [0.25, 0.3) is 0 Å². The predicted molar refractivity (Wildman–Crippen MR) is 84.7 cm³/mol. The topological polar surface area (TPSA) is 62.3 Å². The summed E-state index contributed by atoms with van der Waals surface area (Å²) in [6, 6.07) is 7.92. The maximum absolute atomic E-state index is 12.3. The molecule has 0 saturated carbocycles. The van der Waals surface area contributed by atoms with E-state index in [2.05, 4.69) is 4.90 Å². The van der Waals surface area contributed by atoms with Gasteiger partial charge < -0.3 is 19.3 Å². The number of anilines is 1. The summed E-state index contributed by atoms with van der Waals surface area (Å²) >= 11 is 0. The Morgan fingerprint density at radius 1 is 1.13 bits per heavy atom. The quantitative estimate of drug-likeness (QED) is 0.821. The first-order chi connectivity index (χ1) is 11.2. The number of rotatable bonds is 4. The van der Waals surface area contributed by atoms with Crippen molar-refractivity contribution < 1.29 is 19.1 Å². The molecule has 0 aliphatic carbocycles. The summed E-state index contributed by atoms with van der Waals surface area (Å²) in [7, 11) is 1.65. The van der Waals surface area contributed by atoms with Crippen molar-refractivity contribution in [3.8, 4) is 5.75 Å². The molecule has 0 bridgehead atoms. The van der Waals surface area contributed by atoms with Crippen LogP contribution < -0.4 is 9.64 Å². The Kier molecular flexibility index (Phi) is 4.55. The number of carbonyl (C=O) groups is 2. The van der Waals surface area contributed by atoms with E-state index in [1.165, 1.54) is 4.90 Å². The summed E-state index contributed by atoms with van der Waals surface area (Å²) in [5.74, 6) is 0.818. The molecule has 0 unspecified atom stereocenters. The highest BCUT2D eigenvalue weighted by Gasteiger charge is 2.28. The van der Waals surface area contributed by atoms with Gasteiger partial charge in [-0.15, -0.1) is 0 Å². The van der Waals surface area contributed by atoms with E-state index in [0.717, 1.165) is 24.5 Å². The van der Waals surface area contributed by atoms with Gasteiger partial charge in [-0.2, -0.15) is 0 Å². The van der Waals surface area contributed by atoms with Crippen molar-refractivity contribution in [2.75, 3.05) is 57.9 Å². The lowest BCUT2D eigenvalue weighted by atomic mass is 10.2. The predicted octanol–water partition coefficient (Wildman–Crippen LogP) is 0.796. The summed E-state index contributed by atoms with van der Waals surface area (Å²) in [5, 5.41) is 0. The summed E-state index contributed by atoms with van der Waals surface area (Å²) in [4.78, 5) is 29.2. The molecule has 2 amide bonds. The minimum atomic E-state index is -0.393. The third kappa shape index (κ3) is 3.49. The lowest BCUT2D eigenvalue weighted by Gasteiger charge is -2.36. The van der Waals surface area contributed by atoms with Crippen LogP contribution in [0.25, 0.3) is 0 Å². The van der Waals surface area contributed by atoms with E-state index in [1.807, 2.05) is 29.2 Å². The first-order valence-electron chi connectivity index (χ1n) is 7.76. The maximum Gasteiger partial charge on any atom is 0.410 e. The van der Waals surface area contributed by atoms with Gasteiger partial charge in [0.15, 0.2) is 0 Å². The number of carbonyl (C=O) groups excluding carboxylic acids is 2. The molecule has 0 N–H and O–H groups in total. The van der Waals surface area contributed by atoms with E-state index in [-0.39, 0.29) is 12.5 Å². The fourth-order valence-corrected chi connectivity index (χ4v) is 2.84. The van der Waals surface area contributed by atoms with Gasteiger partial charge in [0.05, 0.1) is 13.7 Å². The zero-order valence-corrected chi connectivity index (χ0v) is 13.2. The zero-order valence-electron chi connectivity index (χ0n) is 13.2. The van der Waals surface area contributed by atoms with Crippen LogP contribution in [0.2, 0.25) is 0 Å². The molecule has 0 spiro atoms. The number of benzene rings is 1. The van der Waals surface area contributed by atoms with Crippen LogP contribution in [0.4, 0.5) is 10.5 Å². The second-order valence-electron chi connectivity index (χ2n) is 5.60. The molecule has 3 rings (SSSR count). The van der Waals surface area contributed by atoms with Crippen LogP contribution in [0.15, 0.2) is 24.3 Å². The molecule has 7 nitrogen and oxygen atoms in total. The number of piperazine rings is 1. The average Bonchev–Trinajstić information content (AvgIpc) is 3.00. The highest BCUT2D eigenvalue weighted by molar-refractivity contribution is 5.83. The molecule has 2 aliphatic rings. The molecular weight excluding hydrogens is 298 g/mol. The fraction of sp³-hybridized carbons (Fsp3) is 0.500. The number of amides is 2. The Bertz CT molecular complexity index is 567. The van der Waals surface area contributed by atoms with Gasteiger partial charge in [-0.05, 0) is 24.3 Å². The lowest BCUT2D eigenvalue weighted by Crippen LogP contribution is -2.51. The molecule has 124 valence electrons. The largest absolute Gasteiger partial charge is 0.497 e. The molecule has 0 radical (unpaired) electrons. The number of methoxy groups -OCH3 is 1. The van der Waals surface area contributed by atoms with Gasteiger partial charge in [-0.25, -0.2) is 4.79 Å². The van der Waals surface area contributed by atoms with Gasteiger partial charge in [-0.1, -0.05) is 0 Å². The first kappa shape index (κ1) is 15.5. The van der Waals surface area contributed by atoms with E-state index >= 15 is 0 Å². The number of nitrogens with zero attached hydrogens (tertiary/aromatic N) is 3. The summed E-state index contributed by atoms with van der Waals surface area (Å²) in [6.45, 7) is 3.86. The van der Waals surface area contributed by atoms with Crippen LogP contribution >= 0.6 is 0 Å². The van der Waals surface area contributed by atoms with Gasteiger partial charge in [0.2, 0.25) is 5.91 Å². The normalized spacial score (nSPS) is 18.1. The van der Waals surface area contributed by atoms with Crippen molar-refractivity contribution in [1.82, 2.24) is 9.80 Å². The molecule has 2 aliphatic heterocycles. The third-order valence-corrected chi connectivity index (χ3v) is 4.24. The summed E-state index contributed by atoms with van der Waals surface area (Å²) in [5.41, 5.74) is 1.13. The molecule has 1 aromatic carbocycles. The van der Waals surface area contributed by atoms with Crippen molar-refractivity contribution in [1.29, 1.82) is 0 Å². The van der Waals surface area contributed by atoms with Crippen LogP contribution in [-0.4, -0.2) is 74.8 Å². The van der Waals surface area contributed by atoms with Crippen LogP contribution in [0.5, 0.6) is 5.75 Å². The van der Waals surface area contributed by atoms with E-state index in [4.69, 9.17) is 9.47 Å². The molecule has 23 heavy (non-hydrogen) atoms. The summed E-state index contributed by atoms with van der Waals surface area (Å²) in [6.07, 6.45) is -0.393.